The van der Waals surface area contributed by atoms with Gasteiger partial charge in [-0.1, -0.05) is 19.3 Å². The Balaban J connectivity index is 0.000000471. The smallest absolute Gasteiger partial charge is 0.405 e. The van der Waals surface area contributed by atoms with Crippen LogP contribution >= 0.6 is 10.5 Å². The Kier molecular flexibility index (Phi) is 6.60. The molecule has 0 amide bonds. The highest BCUT2D eigenvalue weighted by Gasteiger charge is 2.49. The lowest BCUT2D eigenvalue weighted by atomic mass is 9.88. The Morgan fingerprint density at radius 1 is 1.00 bits per heavy atom. The lowest BCUT2D eigenvalue weighted by molar-refractivity contribution is -1.73. The first-order valence-corrected chi connectivity index (χ1v) is 10.4. The highest BCUT2D eigenvalue weighted by molar-refractivity contribution is 7.38. The second kappa shape index (κ2) is 8.09. The van der Waals surface area contributed by atoms with Crippen molar-refractivity contribution in [1.82, 2.24) is 0 Å². The zero-order valence-electron chi connectivity index (χ0n) is 12.4. The first-order valence-electron chi connectivity index (χ1n) is 7.25. The molecule has 1 saturated carbocycles. The molecule has 9 heteroatoms. The average Bonchev–Trinajstić information content (AvgIpc) is 2.86. The van der Waals surface area contributed by atoms with Crippen molar-refractivity contribution in [3.05, 3.63) is 35.0 Å². The third-order valence-corrected chi connectivity index (χ3v) is 6.15. The SMILES string of the molecule is Fc1ccc2cc(C3CCCCC3)[s+](C(F)(F)F)c2c1.[O-][Br+2]([O-])[O-]. The van der Waals surface area contributed by atoms with Crippen LogP contribution in [-0.2, 0) is 5.51 Å². The number of rotatable bonds is 1. The summed E-state index contributed by atoms with van der Waals surface area (Å²) in [7, 11) is -1.94. The number of hydrogen-bond acceptors (Lipinski definition) is 3. The second-order valence-electron chi connectivity index (χ2n) is 5.50. The molecule has 1 heterocycles. The molecular weight excluding hydrogens is 416 g/mol. The number of thiophene rings is 1. The zero-order chi connectivity index (χ0) is 17.9. The van der Waals surface area contributed by atoms with Gasteiger partial charge in [-0.15, -0.1) is 13.2 Å². The van der Waals surface area contributed by atoms with Gasteiger partial charge in [-0.25, -0.2) is 4.39 Å². The van der Waals surface area contributed by atoms with Gasteiger partial charge in [0.1, 0.15) is 5.82 Å². The fourth-order valence-corrected chi connectivity index (χ4v) is 5.25. The number of benzene rings is 1. The van der Waals surface area contributed by atoms with E-state index in [1.165, 1.54) is 12.1 Å². The molecule has 0 aliphatic heterocycles. The van der Waals surface area contributed by atoms with E-state index in [4.69, 9.17) is 12.6 Å². The van der Waals surface area contributed by atoms with Crippen molar-refractivity contribution in [3.63, 3.8) is 0 Å². The van der Waals surface area contributed by atoms with Crippen LogP contribution < -0.4 is 12.6 Å². The molecule has 1 unspecified atom stereocenters. The fraction of sp³-hybridized carbons (Fsp3) is 0.467. The minimum atomic E-state index is -4.32. The van der Waals surface area contributed by atoms with Crippen LogP contribution in [0, 0.1) is 20.6 Å². The Labute approximate surface area is 144 Å². The highest BCUT2D eigenvalue weighted by Crippen LogP contribution is 2.55. The molecule has 0 radical (unpaired) electrons. The highest BCUT2D eigenvalue weighted by atomic mass is 80.0. The van der Waals surface area contributed by atoms with Gasteiger partial charge in [0.2, 0.25) is 14.8 Å². The molecule has 1 aromatic heterocycles. The molecule has 1 atom stereocenters. The summed E-state index contributed by atoms with van der Waals surface area (Å²) in [5, 5.41) is 0.535. The summed E-state index contributed by atoms with van der Waals surface area (Å²) in [5.74, 6) is -0.590. The van der Waals surface area contributed by atoms with Gasteiger partial charge in [0.15, 0.2) is 9.58 Å². The van der Waals surface area contributed by atoms with Crippen LogP contribution in [0.3, 0.4) is 0 Å². The van der Waals surface area contributed by atoms with E-state index in [0.29, 0.717) is 10.3 Å². The third kappa shape index (κ3) is 4.89. The van der Waals surface area contributed by atoms with Gasteiger partial charge in [0.25, 0.3) is 0 Å². The molecule has 1 aliphatic rings. The van der Waals surface area contributed by atoms with Gasteiger partial charge in [-0.05, 0) is 25.0 Å². The minimum Gasteiger partial charge on any atom is -0.405 e. The Morgan fingerprint density at radius 2 is 1.58 bits per heavy atom. The van der Waals surface area contributed by atoms with Crippen molar-refractivity contribution in [2.45, 2.75) is 43.5 Å². The largest absolute Gasteiger partial charge is 0.600 e. The van der Waals surface area contributed by atoms with Gasteiger partial charge in [0, 0.05) is 23.4 Å². The van der Waals surface area contributed by atoms with Crippen molar-refractivity contribution in [2.24, 2.45) is 0 Å². The van der Waals surface area contributed by atoms with Crippen molar-refractivity contribution in [2.75, 3.05) is 0 Å². The Morgan fingerprint density at radius 3 is 2.12 bits per heavy atom. The van der Waals surface area contributed by atoms with Crippen molar-refractivity contribution >= 4 is 20.6 Å². The molecule has 2 aromatic rings. The van der Waals surface area contributed by atoms with Crippen LogP contribution in [0.1, 0.15) is 42.9 Å². The van der Waals surface area contributed by atoms with E-state index in [1.807, 2.05) is 0 Å². The standard InChI is InChI=1S/C15H15F4S.BrO3/c16-12-7-6-11-8-13(10-4-2-1-3-5-10)20(14(11)9-12)15(17,18)19;2-1(3)4/h6-10H,1-5H2;/q+1;-1. The van der Waals surface area contributed by atoms with Gasteiger partial charge in [-0.2, -0.15) is 0 Å². The van der Waals surface area contributed by atoms with Crippen molar-refractivity contribution in [1.29, 1.82) is 0 Å². The normalized spacial score (nSPS) is 17.1. The van der Waals surface area contributed by atoms with E-state index >= 15 is 0 Å². The topological polar surface area (TPSA) is 69.2 Å². The molecule has 1 aromatic carbocycles. The molecule has 3 rings (SSSR count). The fourth-order valence-electron chi connectivity index (χ4n) is 3.07. The van der Waals surface area contributed by atoms with Crippen LogP contribution in [0.25, 0.3) is 10.1 Å². The molecule has 0 spiro atoms. The summed E-state index contributed by atoms with van der Waals surface area (Å²) in [6, 6.07) is 5.41. The molecule has 134 valence electrons. The number of halogens is 5. The number of hydrogen-bond donors (Lipinski definition) is 0. The predicted octanol–water partition coefficient (Wildman–Crippen LogP) is 2.68. The first-order chi connectivity index (χ1) is 11.2. The van der Waals surface area contributed by atoms with Gasteiger partial charge in [0.05, 0.1) is 10.5 Å². The van der Waals surface area contributed by atoms with Crippen LogP contribution in [0.4, 0.5) is 17.6 Å². The molecule has 3 nitrogen and oxygen atoms in total. The third-order valence-electron chi connectivity index (χ3n) is 3.97. The van der Waals surface area contributed by atoms with Gasteiger partial charge in [-0.3, -0.25) is 0 Å². The number of fused-ring (bicyclic) bond motifs is 1. The van der Waals surface area contributed by atoms with E-state index in [2.05, 4.69) is 0 Å². The van der Waals surface area contributed by atoms with Gasteiger partial charge >= 0.3 is 5.51 Å². The quantitative estimate of drug-likeness (QED) is 0.515. The van der Waals surface area contributed by atoms with Crippen molar-refractivity contribution in [3.8, 4) is 0 Å². The first kappa shape index (κ1) is 19.6. The molecule has 0 saturated heterocycles. The molecule has 0 bridgehead atoms. The van der Waals surface area contributed by atoms with E-state index in [9.17, 15) is 17.6 Å². The van der Waals surface area contributed by atoms with E-state index in [1.54, 1.807) is 6.07 Å². The lowest BCUT2D eigenvalue weighted by Crippen LogP contribution is -2.42. The zero-order valence-corrected chi connectivity index (χ0v) is 14.8. The summed E-state index contributed by atoms with van der Waals surface area (Å²) in [6.07, 6.45) is 4.72. The molecule has 0 N–H and O–H groups in total. The van der Waals surface area contributed by atoms with E-state index < -0.39 is 36.6 Å². The Bertz CT molecular complexity index is 678. The summed E-state index contributed by atoms with van der Waals surface area (Å²) < 4.78 is 79.3. The van der Waals surface area contributed by atoms with E-state index in [-0.39, 0.29) is 10.6 Å². The molecule has 1 fully saturated rings. The molecule has 24 heavy (non-hydrogen) atoms. The van der Waals surface area contributed by atoms with Gasteiger partial charge < -0.3 is 12.6 Å². The van der Waals surface area contributed by atoms with Crippen LogP contribution in [0.2, 0.25) is 0 Å². The molecular formula is C15H15BrF4O3S. The average molecular weight is 431 g/mol. The van der Waals surface area contributed by atoms with Crippen LogP contribution in [-0.4, -0.2) is 0 Å². The molecule has 1 aliphatic carbocycles. The summed E-state index contributed by atoms with van der Waals surface area (Å²) in [6.45, 7) is 0. The number of alkyl halides is 3. The summed E-state index contributed by atoms with van der Waals surface area (Å²) in [4.78, 5) is 0.470. The van der Waals surface area contributed by atoms with Crippen molar-refractivity contribution < 1.29 is 45.0 Å². The lowest BCUT2D eigenvalue weighted by Gasteiger charge is -2.18. The van der Waals surface area contributed by atoms with E-state index in [0.717, 1.165) is 38.2 Å². The maximum absolute atomic E-state index is 13.4. The maximum Gasteiger partial charge on any atom is 0.600 e. The maximum atomic E-state index is 13.4. The Hall–Kier alpha value is -0.740. The minimum absolute atomic E-state index is 0.00386. The predicted molar refractivity (Wildman–Crippen MR) is 73.5 cm³/mol. The van der Waals surface area contributed by atoms with Crippen LogP contribution in [0.5, 0.6) is 0 Å². The summed E-state index contributed by atoms with van der Waals surface area (Å²) >= 11 is -3.65. The van der Waals surface area contributed by atoms with Crippen LogP contribution in [0.15, 0.2) is 24.3 Å². The summed E-state index contributed by atoms with van der Waals surface area (Å²) in [5.41, 5.74) is -4.32. The second-order valence-corrected chi connectivity index (χ2v) is 8.28. The monoisotopic (exact) mass is 430 g/mol.